The SMILES string of the molecule is O=P([O-])([O-])O.[Cl-].[La+3]. The van der Waals surface area contributed by atoms with E-state index in [1.54, 1.807) is 0 Å². The van der Waals surface area contributed by atoms with Gasteiger partial charge in [0.15, 0.2) is 0 Å². The van der Waals surface area contributed by atoms with Crippen LogP contribution in [0, 0.1) is 35.6 Å². The molecule has 0 aromatic heterocycles. The molecule has 0 unspecified atom stereocenters. The molecule has 0 rings (SSSR count). The van der Waals surface area contributed by atoms with Crippen LogP contribution in [0.3, 0.4) is 0 Å². The van der Waals surface area contributed by atoms with Crippen LogP contribution >= 0.6 is 7.82 Å². The minimum absolute atomic E-state index is 0. The third-order valence-corrected chi connectivity index (χ3v) is 0. The van der Waals surface area contributed by atoms with Gasteiger partial charge >= 0.3 is 35.6 Å². The van der Waals surface area contributed by atoms with E-state index in [1.165, 1.54) is 0 Å². The van der Waals surface area contributed by atoms with Crippen molar-refractivity contribution in [2.75, 3.05) is 0 Å². The number of hydrogen-bond donors (Lipinski definition) is 1. The van der Waals surface area contributed by atoms with E-state index in [2.05, 4.69) is 0 Å². The molecule has 7 heteroatoms. The number of rotatable bonds is 0. The first-order valence-corrected chi connectivity index (χ1v) is 2.24. The fraction of sp³-hybridized carbons (Fsp3) is 0. The zero-order valence-electron chi connectivity index (χ0n) is 3.07. The second-order valence-corrected chi connectivity index (χ2v) is 1.41. The van der Waals surface area contributed by atoms with Crippen molar-refractivity contribution in [2.45, 2.75) is 0 Å². The smallest absolute Gasteiger partial charge is 1.00 e. The third kappa shape index (κ3) is 93.5. The molecule has 0 aromatic carbocycles. The second-order valence-electron chi connectivity index (χ2n) is 0.469. The molecule has 7 heavy (non-hydrogen) atoms. The quantitative estimate of drug-likeness (QED) is 0.446. The van der Waals surface area contributed by atoms with Gasteiger partial charge in [0.1, 0.15) is 0 Å². The minimum atomic E-state index is -5.14. The fourth-order valence-electron chi connectivity index (χ4n) is 0. The number of halogens is 1. The monoisotopic (exact) mass is 270 g/mol. The molecule has 0 aliphatic heterocycles. The van der Waals surface area contributed by atoms with Gasteiger partial charge in [0.05, 0.1) is 7.82 Å². The van der Waals surface area contributed by atoms with Gasteiger partial charge < -0.3 is 31.7 Å². The summed E-state index contributed by atoms with van der Waals surface area (Å²) >= 11 is 0. The molecule has 4 nitrogen and oxygen atoms in total. The molecular weight excluding hydrogens is 269 g/mol. The number of phosphoric acid groups is 1. The van der Waals surface area contributed by atoms with Crippen molar-refractivity contribution in [1.29, 1.82) is 0 Å². The Morgan fingerprint density at radius 1 is 1.43 bits per heavy atom. The Morgan fingerprint density at radius 3 is 1.43 bits per heavy atom. The van der Waals surface area contributed by atoms with E-state index in [4.69, 9.17) is 19.2 Å². The molecule has 0 aliphatic carbocycles. The molecule has 0 heterocycles. The van der Waals surface area contributed by atoms with Crippen LogP contribution in [0.4, 0.5) is 0 Å². The van der Waals surface area contributed by atoms with Crippen molar-refractivity contribution in [2.24, 2.45) is 0 Å². The number of hydrogen-bond acceptors (Lipinski definition) is 3. The predicted molar refractivity (Wildman–Crippen MR) is 9.83 cm³/mol. The van der Waals surface area contributed by atoms with Crippen LogP contribution in [0.2, 0.25) is 0 Å². The Kier molecular flexibility index (Phi) is 13.0. The van der Waals surface area contributed by atoms with Crippen molar-refractivity contribution in [3.05, 3.63) is 0 Å². The largest absolute Gasteiger partial charge is 3.00 e. The zero-order valence-corrected chi connectivity index (χ0v) is 8.35. The molecule has 0 amide bonds. The first-order chi connectivity index (χ1) is 2.00. The predicted octanol–water partition coefficient (Wildman–Crippen LogP) is -5.19. The van der Waals surface area contributed by atoms with Gasteiger partial charge in [0, 0.05) is 0 Å². The Balaban J connectivity index is -0.0000000800. The molecule has 0 atom stereocenters. The summed E-state index contributed by atoms with van der Waals surface area (Å²) in [4.78, 5) is 24.3. The van der Waals surface area contributed by atoms with Crippen molar-refractivity contribution in [3.63, 3.8) is 0 Å². The molecule has 0 aromatic rings. The van der Waals surface area contributed by atoms with E-state index in [9.17, 15) is 0 Å². The summed E-state index contributed by atoms with van der Waals surface area (Å²) in [5.41, 5.74) is 0. The van der Waals surface area contributed by atoms with E-state index >= 15 is 0 Å². The summed E-state index contributed by atoms with van der Waals surface area (Å²) in [6.07, 6.45) is 0. The second kappa shape index (κ2) is 5.73. The van der Waals surface area contributed by atoms with E-state index in [0.717, 1.165) is 0 Å². The molecule has 40 valence electrons. The topological polar surface area (TPSA) is 83.4 Å². The van der Waals surface area contributed by atoms with Crippen LogP contribution in [0.15, 0.2) is 0 Å². The van der Waals surface area contributed by atoms with Crippen molar-refractivity contribution in [1.82, 2.24) is 0 Å². The van der Waals surface area contributed by atoms with E-state index < -0.39 is 7.82 Å². The van der Waals surface area contributed by atoms with Crippen molar-refractivity contribution < 1.29 is 67.3 Å². The van der Waals surface area contributed by atoms with E-state index in [-0.39, 0.29) is 48.0 Å². The maximum Gasteiger partial charge on any atom is 3.00 e. The molecule has 0 fully saturated rings. The molecular formula is HClLaO4P. The van der Waals surface area contributed by atoms with Gasteiger partial charge in [0.2, 0.25) is 0 Å². The minimum Gasteiger partial charge on any atom is -1.00 e. The first kappa shape index (κ1) is 15.8. The molecule has 0 spiro atoms. The Hall–Kier alpha value is 1.59. The summed E-state index contributed by atoms with van der Waals surface area (Å²) in [5, 5.41) is 0. The van der Waals surface area contributed by atoms with Crippen LogP contribution in [0.1, 0.15) is 0 Å². The summed E-state index contributed by atoms with van der Waals surface area (Å²) in [6, 6.07) is 0. The standard InChI is InChI=1S/ClH.La.H3O4P/c;;1-5(2,3)4/h1H;;(H3,1,2,3,4)/q;+3;/p-3. The zero-order chi connectivity index (χ0) is 4.50. The Bertz CT molecular complexity index is 57.8. The molecule has 0 bridgehead atoms. The van der Waals surface area contributed by atoms with Gasteiger partial charge in [0.25, 0.3) is 0 Å². The summed E-state index contributed by atoms with van der Waals surface area (Å²) in [7, 11) is -5.14. The first-order valence-electron chi connectivity index (χ1n) is 0.748. The summed E-state index contributed by atoms with van der Waals surface area (Å²) in [5.74, 6) is 0. The maximum atomic E-state index is 8.66. The average Bonchev–Trinajstić information content (AvgIpc) is 0.722. The van der Waals surface area contributed by atoms with Gasteiger partial charge in [-0.1, -0.05) is 0 Å². The maximum absolute atomic E-state index is 8.66. The van der Waals surface area contributed by atoms with Gasteiger partial charge in [-0.25, -0.2) is 0 Å². The van der Waals surface area contributed by atoms with E-state index in [0.29, 0.717) is 0 Å². The molecule has 0 radical (unpaired) electrons. The van der Waals surface area contributed by atoms with Gasteiger partial charge in [-0.3, -0.25) is 0 Å². The van der Waals surface area contributed by atoms with Crippen LogP contribution in [-0.4, -0.2) is 4.89 Å². The van der Waals surface area contributed by atoms with Gasteiger partial charge in [-0.05, 0) is 0 Å². The molecule has 0 saturated heterocycles. The van der Waals surface area contributed by atoms with E-state index in [1.807, 2.05) is 0 Å². The van der Waals surface area contributed by atoms with Gasteiger partial charge in [-0.2, -0.15) is 0 Å². The van der Waals surface area contributed by atoms with Crippen LogP contribution < -0.4 is 22.2 Å². The summed E-state index contributed by atoms with van der Waals surface area (Å²) in [6.45, 7) is 0. The van der Waals surface area contributed by atoms with Crippen LogP contribution in [0.25, 0.3) is 0 Å². The normalized spacial score (nSPS) is 8.43. The van der Waals surface area contributed by atoms with Gasteiger partial charge in [-0.15, -0.1) is 0 Å². The molecule has 1 N–H and O–H groups in total. The Labute approximate surface area is 74.6 Å². The fourth-order valence-corrected chi connectivity index (χ4v) is 0. The van der Waals surface area contributed by atoms with Crippen LogP contribution in [0.5, 0.6) is 0 Å². The molecule has 0 saturated carbocycles. The van der Waals surface area contributed by atoms with Crippen molar-refractivity contribution >= 4 is 7.82 Å². The average molecular weight is 270 g/mol. The van der Waals surface area contributed by atoms with Crippen LogP contribution in [-0.2, 0) is 4.57 Å². The Morgan fingerprint density at radius 2 is 1.43 bits per heavy atom. The summed E-state index contributed by atoms with van der Waals surface area (Å²) < 4.78 is 8.66. The van der Waals surface area contributed by atoms with Crippen molar-refractivity contribution in [3.8, 4) is 0 Å². The molecule has 0 aliphatic rings. The third-order valence-electron chi connectivity index (χ3n) is 0.